The monoisotopic (exact) mass is 228 g/mol. The molecule has 2 rings (SSSR count). The first kappa shape index (κ1) is 11.2. The molecule has 0 aromatic heterocycles. The summed E-state index contributed by atoms with van der Waals surface area (Å²) in [7, 11) is 0. The van der Waals surface area contributed by atoms with Gasteiger partial charge in [0.1, 0.15) is 5.78 Å². The highest BCUT2D eigenvalue weighted by Crippen LogP contribution is 2.32. The maximum Gasteiger partial charge on any atom is 0.194 e. The molecule has 0 radical (unpaired) electrons. The van der Waals surface area contributed by atoms with Gasteiger partial charge in [0, 0.05) is 12.8 Å². The first-order valence-electron chi connectivity index (χ1n) is 5.24. The highest BCUT2D eigenvalue weighted by Gasteiger charge is 2.22. The van der Waals surface area contributed by atoms with E-state index in [1.807, 2.05) is 0 Å². The van der Waals surface area contributed by atoms with Gasteiger partial charge in [0.05, 0.1) is 0 Å². The van der Waals surface area contributed by atoms with Crippen LogP contribution in [0.1, 0.15) is 37.2 Å². The first-order chi connectivity index (χ1) is 7.58. The molecule has 1 aliphatic carbocycles. The summed E-state index contributed by atoms with van der Waals surface area (Å²) in [4.78, 5) is 11.0. The van der Waals surface area contributed by atoms with Gasteiger partial charge in [0.25, 0.3) is 0 Å². The molecule has 1 nitrogen and oxygen atoms in total. The second-order valence-corrected chi connectivity index (χ2v) is 4.11. The summed E-state index contributed by atoms with van der Waals surface area (Å²) in [5.74, 6) is -3.61. The maximum atomic E-state index is 13.0. The minimum atomic E-state index is -1.43. The Labute approximate surface area is 91.3 Å². The van der Waals surface area contributed by atoms with Gasteiger partial charge in [-0.15, -0.1) is 0 Å². The Morgan fingerprint density at radius 2 is 1.50 bits per heavy atom. The van der Waals surface area contributed by atoms with Crippen molar-refractivity contribution in [2.75, 3.05) is 0 Å². The van der Waals surface area contributed by atoms with Crippen LogP contribution in [0.2, 0.25) is 0 Å². The zero-order chi connectivity index (χ0) is 11.7. The third-order valence-electron chi connectivity index (χ3n) is 3.02. The van der Waals surface area contributed by atoms with E-state index in [0.29, 0.717) is 31.2 Å². The molecule has 1 aliphatic rings. The van der Waals surface area contributed by atoms with Gasteiger partial charge >= 0.3 is 0 Å². The van der Waals surface area contributed by atoms with Gasteiger partial charge in [-0.25, -0.2) is 13.2 Å². The molecule has 0 spiro atoms. The molecule has 1 aromatic carbocycles. The highest BCUT2D eigenvalue weighted by molar-refractivity contribution is 5.79. The zero-order valence-corrected chi connectivity index (χ0v) is 8.60. The number of hydrogen-bond donors (Lipinski definition) is 0. The van der Waals surface area contributed by atoms with E-state index >= 15 is 0 Å². The molecule has 0 saturated heterocycles. The fraction of sp³-hybridized carbons (Fsp3) is 0.417. The van der Waals surface area contributed by atoms with Gasteiger partial charge in [-0.05, 0) is 36.5 Å². The van der Waals surface area contributed by atoms with Crippen molar-refractivity contribution in [3.05, 3.63) is 35.1 Å². The summed E-state index contributed by atoms with van der Waals surface area (Å²) in [6, 6.07) is 2.05. The summed E-state index contributed by atoms with van der Waals surface area (Å²) in [6.45, 7) is 0. The number of halogens is 3. The van der Waals surface area contributed by atoms with Gasteiger partial charge in [0.15, 0.2) is 17.5 Å². The fourth-order valence-electron chi connectivity index (χ4n) is 2.08. The maximum absolute atomic E-state index is 13.0. The summed E-state index contributed by atoms with van der Waals surface area (Å²) >= 11 is 0. The molecular formula is C12H11F3O. The van der Waals surface area contributed by atoms with Crippen molar-refractivity contribution in [2.24, 2.45) is 0 Å². The van der Waals surface area contributed by atoms with Crippen LogP contribution in [0.5, 0.6) is 0 Å². The van der Waals surface area contributed by atoms with E-state index in [9.17, 15) is 18.0 Å². The molecule has 1 fully saturated rings. The molecule has 0 N–H and O–H groups in total. The van der Waals surface area contributed by atoms with Crippen LogP contribution in [-0.4, -0.2) is 5.78 Å². The fourth-order valence-corrected chi connectivity index (χ4v) is 2.08. The van der Waals surface area contributed by atoms with Crippen LogP contribution in [0.15, 0.2) is 12.1 Å². The van der Waals surface area contributed by atoms with E-state index in [-0.39, 0.29) is 11.7 Å². The lowest BCUT2D eigenvalue weighted by Gasteiger charge is -2.21. The topological polar surface area (TPSA) is 17.1 Å². The van der Waals surface area contributed by atoms with E-state index < -0.39 is 17.5 Å². The van der Waals surface area contributed by atoms with Crippen molar-refractivity contribution < 1.29 is 18.0 Å². The number of benzene rings is 1. The second kappa shape index (κ2) is 4.28. The molecule has 0 atom stereocenters. The largest absolute Gasteiger partial charge is 0.300 e. The lowest BCUT2D eigenvalue weighted by atomic mass is 9.83. The van der Waals surface area contributed by atoms with E-state index in [2.05, 4.69) is 0 Å². The minimum absolute atomic E-state index is 0.0395. The molecule has 0 bridgehead atoms. The van der Waals surface area contributed by atoms with Gasteiger partial charge in [0.2, 0.25) is 0 Å². The standard InChI is InChI=1S/C12H11F3O/c13-10-5-8(6-11(14)12(10)15)7-1-3-9(16)4-2-7/h5-7H,1-4H2. The molecule has 1 aromatic rings. The van der Waals surface area contributed by atoms with Crippen LogP contribution in [0, 0.1) is 17.5 Å². The Kier molecular flexibility index (Phi) is 2.99. The van der Waals surface area contributed by atoms with E-state index in [4.69, 9.17) is 0 Å². The lowest BCUT2D eigenvalue weighted by Crippen LogP contribution is -2.13. The lowest BCUT2D eigenvalue weighted by molar-refractivity contribution is -0.120. The van der Waals surface area contributed by atoms with Crippen molar-refractivity contribution in [1.29, 1.82) is 0 Å². The van der Waals surface area contributed by atoms with Gasteiger partial charge in [-0.2, -0.15) is 0 Å². The van der Waals surface area contributed by atoms with E-state index in [1.165, 1.54) is 0 Å². The molecule has 16 heavy (non-hydrogen) atoms. The summed E-state index contributed by atoms with van der Waals surface area (Å²) in [6.07, 6.45) is 2.04. The second-order valence-electron chi connectivity index (χ2n) is 4.11. The van der Waals surface area contributed by atoms with Crippen molar-refractivity contribution in [3.63, 3.8) is 0 Å². The Bertz CT molecular complexity index is 395. The number of carbonyl (C=O) groups excluding carboxylic acids is 1. The van der Waals surface area contributed by atoms with Crippen LogP contribution >= 0.6 is 0 Å². The third-order valence-corrected chi connectivity index (χ3v) is 3.02. The summed E-state index contributed by atoms with van der Waals surface area (Å²) in [5.41, 5.74) is 0.448. The molecule has 0 heterocycles. The summed E-state index contributed by atoms with van der Waals surface area (Å²) < 4.78 is 38.7. The molecule has 1 saturated carbocycles. The van der Waals surface area contributed by atoms with Crippen LogP contribution in [0.25, 0.3) is 0 Å². The van der Waals surface area contributed by atoms with Crippen LogP contribution in [0.3, 0.4) is 0 Å². The molecule has 86 valence electrons. The van der Waals surface area contributed by atoms with E-state index in [0.717, 1.165) is 12.1 Å². The number of hydrogen-bond acceptors (Lipinski definition) is 1. The Hall–Kier alpha value is -1.32. The number of ketones is 1. The highest BCUT2D eigenvalue weighted by atomic mass is 19.2. The van der Waals surface area contributed by atoms with Crippen LogP contribution in [-0.2, 0) is 4.79 Å². The average molecular weight is 228 g/mol. The Balaban J connectivity index is 2.24. The Morgan fingerprint density at radius 3 is 2.00 bits per heavy atom. The van der Waals surface area contributed by atoms with Crippen LogP contribution < -0.4 is 0 Å². The quantitative estimate of drug-likeness (QED) is 0.674. The third kappa shape index (κ3) is 2.10. The molecule has 4 heteroatoms. The van der Waals surface area contributed by atoms with Gasteiger partial charge < -0.3 is 0 Å². The first-order valence-corrected chi connectivity index (χ1v) is 5.24. The SMILES string of the molecule is O=C1CCC(c2cc(F)c(F)c(F)c2)CC1. The summed E-state index contributed by atoms with van der Waals surface area (Å²) in [5, 5.41) is 0. The van der Waals surface area contributed by atoms with Gasteiger partial charge in [-0.3, -0.25) is 4.79 Å². The minimum Gasteiger partial charge on any atom is -0.300 e. The number of Topliss-reactive ketones (excluding diaryl/α,β-unsaturated/α-hetero) is 1. The predicted octanol–water partition coefficient (Wildman–Crippen LogP) is 3.33. The molecule has 0 unspecified atom stereocenters. The normalized spacial score (nSPS) is 17.8. The predicted molar refractivity (Wildman–Crippen MR) is 52.5 cm³/mol. The van der Waals surface area contributed by atoms with Crippen LogP contribution in [0.4, 0.5) is 13.2 Å². The van der Waals surface area contributed by atoms with Gasteiger partial charge in [-0.1, -0.05) is 0 Å². The van der Waals surface area contributed by atoms with Crippen molar-refractivity contribution in [1.82, 2.24) is 0 Å². The van der Waals surface area contributed by atoms with Crippen molar-refractivity contribution >= 4 is 5.78 Å². The number of rotatable bonds is 1. The smallest absolute Gasteiger partial charge is 0.194 e. The molecule has 0 amide bonds. The molecule has 0 aliphatic heterocycles. The molecular weight excluding hydrogens is 217 g/mol. The Morgan fingerprint density at radius 1 is 1.00 bits per heavy atom. The van der Waals surface area contributed by atoms with E-state index in [1.54, 1.807) is 0 Å². The number of carbonyl (C=O) groups is 1. The average Bonchev–Trinajstić information content (AvgIpc) is 2.26. The van der Waals surface area contributed by atoms with Crippen molar-refractivity contribution in [3.8, 4) is 0 Å². The van der Waals surface area contributed by atoms with Crippen molar-refractivity contribution in [2.45, 2.75) is 31.6 Å². The zero-order valence-electron chi connectivity index (χ0n) is 8.60.